The van der Waals surface area contributed by atoms with Gasteiger partial charge in [0.25, 0.3) is 0 Å². The molecule has 1 N–H and O–H groups in total. The molecular formula is C16H22N4O. The van der Waals surface area contributed by atoms with Gasteiger partial charge in [0.05, 0.1) is 0 Å². The van der Waals surface area contributed by atoms with Crippen LogP contribution in [0.1, 0.15) is 26.7 Å². The number of hydrogen-bond acceptors (Lipinski definition) is 3. The average Bonchev–Trinajstić information content (AvgIpc) is 2.98. The van der Waals surface area contributed by atoms with Gasteiger partial charge in [0.1, 0.15) is 5.69 Å². The van der Waals surface area contributed by atoms with Crippen molar-refractivity contribution in [1.82, 2.24) is 19.9 Å². The van der Waals surface area contributed by atoms with E-state index in [9.17, 15) is 4.79 Å². The summed E-state index contributed by atoms with van der Waals surface area (Å²) in [4.78, 5) is 20.6. The summed E-state index contributed by atoms with van der Waals surface area (Å²) in [5.41, 5.74) is 0.841. The third-order valence-corrected chi connectivity index (χ3v) is 3.62. The highest BCUT2D eigenvalue weighted by Crippen LogP contribution is 2.13. The number of aromatic nitrogens is 3. The maximum absolute atomic E-state index is 11.9. The second-order valence-electron chi connectivity index (χ2n) is 4.96. The van der Waals surface area contributed by atoms with Crippen molar-refractivity contribution in [3.05, 3.63) is 36.8 Å². The summed E-state index contributed by atoms with van der Waals surface area (Å²) >= 11 is 0. The zero-order chi connectivity index (χ0) is 15.1. The van der Waals surface area contributed by atoms with Crippen LogP contribution >= 0.6 is 0 Å². The number of carbonyl (C=O) groups excluding carboxylic acids is 1. The van der Waals surface area contributed by atoms with Crippen molar-refractivity contribution in [1.29, 1.82) is 0 Å². The van der Waals surface area contributed by atoms with Gasteiger partial charge in [-0.05, 0) is 25.0 Å². The fourth-order valence-electron chi connectivity index (χ4n) is 2.32. The van der Waals surface area contributed by atoms with Crippen LogP contribution in [0.5, 0.6) is 0 Å². The zero-order valence-corrected chi connectivity index (χ0v) is 12.6. The van der Waals surface area contributed by atoms with Gasteiger partial charge >= 0.3 is 0 Å². The summed E-state index contributed by atoms with van der Waals surface area (Å²) < 4.78 is 2.01. The van der Waals surface area contributed by atoms with Gasteiger partial charge in [-0.2, -0.15) is 0 Å². The van der Waals surface area contributed by atoms with E-state index in [0.29, 0.717) is 13.1 Å². The lowest BCUT2D eigenvalue weighted by Crippen LogP contribution is -2.32. The summed E-state index contributed by atoms with van der Waals surface area (Å²) in [5.74, 6) is 1.08. The summed E-state index contributed by atoms with van der Waals surface area (Å²) in [6.07, 6.45) is 7.18. The first-order valence-electron chi connectivity index (χ1n) is 7.46. The molecule has 0 saturated carbocycles. The van der Waals surface area contributed by atoms with Crippen molar-refractivity contribution in [3.8, 4) is 11.5 Å². The first-order valence-corrected chi connectivity index (χ1v) is 7.46. The highest BCUT2D eigenvalue weighted by atomic mass is 16.1. The predicted octanol–water partition coefficient (Wildman–Crippen LogP) is 2.50. The van der Waals surface area contributed by atoms with E-state index in [2.05, 4.69) is 15.3 Å². The van der Waals surface area contributed by atoms with Crippen LogP contribution in [-0.2, 0) is 11.3 Å². The molecule has 5 nitrogen and oxygen atoms in total. The summed E-state index contributed by atoms with van der Waals surface area (Å²) in [7, 11) is 0. The third kappa shape index (κ3) is 3.90. The van der Waals surface area contributed by atoms with Crippen molar-refractivity contribution < 1.29 is 4.79 Å². The Morgan fingerprint density at radius 3 is 2.71 bits per heavy atom. The number of rotatable bonds is 7. The van der Waals surface area contributed by atoms with E-state index >= 15 is 0 Å². The quantitative estimate of drug-likeness (QED) is 0.850. The van der Waals surface area contributed by atoms with E-state index < -0.39 is 0 Å². The average molecular weight is 286 g/mol. The molecule has 0 aliphatic rings. The van der Waals surface area contributed by atoms with Gasteiger partial charge in [0.2, 0.25) is 5.91 Å². The van der Waals surface area contributed by atoms with Crippen LogP contribution in [0.3, 0.4) is 0 Å². The monoisotopic (exact) mass is 286 g/mol. The minimum Gasteiger partial charge on any atom is -0.354 e. The van der Waals surface area contributed by atoms with E-state index in [4.69, 9.17) is 0 Å². The van der Waals surface area contributed by atoms with Crippen LogP contribution in [0.25, 0.3) is 11.5 Å². The molecular weight excluding hydrogens is 264 g/mol. The Bertz CT molecular complexity index is 561. The van der Waals surface area contributed by atoms with Crippen molar-refractivity contribution in [2.75, 3.05) is 6.54 Å². The first-order chi connectivity index (χ1) is 10.3. The van der Waals surface area contributed by atoms with Gasteiger partial charge in [0.15, 0.2) is 5.82 Å². The molecule has 1 amide bonds. The molecule has 2 heterocycles. The highest BCUT2D eigenvalue weighted by Gasteiger charge is 2.13. The molecule has 0 saturated heterocycles. The topological polar surface area (TPSA) is 59.8 Å². The fraction of sp³-hybridized carbons (Fsp3) is 0.438. The van der Waals surface area contributed by atoms with Crippen LogP contribution in [0.2, 0.25) is 0 Å². The van der Waals surface area contributed by atoms with Gasteiger partial charge in [-0.25, -0.2) is 4.98 Å². The normalized spacial score (nSPS) is 10.8. The molecule has 112 valence electrons. The molecule has 21 heavy (non-hydrogen) atoms. The van der Waals surface area contributed by atoms with Gasteiger partial charge in [0, 0.05) is 37.6 Å². The number of imidazole rings is 1. The smallest absolute Gasteiger partial charge is 0.223 e. The molecule has 0 aliphatic carbocycles. The lowest BCUT2D eigenvalue weighted by Gasteiger charge is -2.13. The Kier molecular flexibility index (Phi) is 5.49. The lowest BCUT2D eigenvalue weighted by molar-refractivity contribution is -0.125. The van der Waals surface area contributed by atoms with E-state index in [-0.39, 0.29) is 11.8 Å². The van der Waals surface area contributed by atoms with Gasteiger partial charge < -0.3 is 9.88 Å². The number of pyridine rings is 1. The van der Waals surface area contributed by atoms with Crippen molar-refractivity contribution in [2.45, 2.75) is 33.2 Å². The van der Waals surface area contributed by atoms with Gasteiger partial charge in [-0.1, -0.05) is 19.9 Å². The second-order valence-corrected chi connectivity index (χ2v) is 4.96. The molecule has 0 atom stereocenters. The number of amides is 1. The largest absolute Gasteiger partial charge is 0.354 e. The molecule has 0 unspecified atom stereocenters. The number of hydrogen-bond donors (Lipinski definition) is 1. The number of carbonyl (C=O) groups is 1. The molecule has 5 heteroatoms. The van der Waals surface area contributed by atoms with Crippen LogP contribution in [0.15, 0.2) is 36.8 Å². The molecule has 0 fully saturated rings. The molecule has 0 radical (unpaired) electrons. The minimum atomic E-state index is 0.114. The Balaban J connectivity index is 1.93. The maximum atomic E-state index is 11.9. The zero-order valence-electron chi connectivity index (χ0n) is 12.6. The predicted molar refractivity (Wildman–Crippen MR) is 82.5 cm³/mol. The van der Waals surface area contributed by atoms with Crippen LogP contribution in [0.4, 0.5) is 0 Å². The van der Waals surface area contributed by atoms with Crippen molar-refractivity contribution in [2.24, 2.45) is 5.92 Å². The van der Waals surface area contributed by atoms with Crippen LogP contribution < -0.4 is 5.32 Å². The molecule has 0 bridgehead atoms. The molecule has 0 aromatic carbocycles. The number of nitrogens with one attached hydrogen (secondary N) is 1. The number of nitrogens with zero attached hydrogens (tertiary/aromatic N) is 3. The highest BCUT2D eigenvalue weighted by molar-refractivity contribution is 5.78. The van der Waals surface area contributed by atoms with Gasteiger partial charge in [-0.15, -0.1) is 0 Å². The Morgan fingerprint density at radius 1 is 1.24 bits per heavy atom. The molecule has 2 aromatic heterocycles. The minimum absolute atomic E-state index is 0.114. The Labute approximate surface area is 125 Å². The Morgan fingerprint density at radius 2 is 2.05 bits per heavy atom. The van der Waals surface area contributed by atoms with Crippen LogP contribution in [0, 0.1) is 5.92 Å². The maximum Gasteiger partial charge on any atom is 0.223 e. The molecule has 0 aliphatic heterocycles. The molecule has 2 aromatic rings. The Hall–Kier alpha value is -2.17. The fourth-order valence-corrected chi connectivity index (χ4v) is 2.32. The van der Waals surface area contributed by atoms with E-state index in [0.717, 1.165) is 24.4 Å². The first kappa shape index (κ1) is 15.2. The SMILES string of the molecule is CCC(CC)C(=O)NCCn1ccnc1-c1ccccn1. The van der Waals surface area contributed by atoms with Gasteiger partial charge in [-0.3, -0.25) is 9.78 Å². The summed E-state index contributed by atoms with van der Waals surface area (Å²) in [6.45, 7) is 5.38. The standard InChI is InChI=1S/C16H22N4O/c1-3-13(4-2)16(21)19-10-12-20-11-9-18-15(20)14-7-5-6-8-17-14/h5-9,11,13H,3-4,10,12H2,1-2H3,(H,19,21). The van der Waals surface area contributed by atoms with Crippen LogP contribution in [-0.4, -0.2) is 27.0 Å². The van der Waals surface area contributed by atoms with Crippen molar-refractivity contribution in [3.63, 3.8) is 0 Å². The third-order valence-electron chi connectivity index (χ3n) is 3.62. The van der Waals surface area contributed by atoms with E-state index in [1.165, 1.54) is 0 Å². The van der Waals surface area contributed by atoms with E-state index in [1.54, 1.807) is 12.4 Å². The van der Waals surface area contributed by atoms with E-state index in [1.807, 2.05) is 42.8 Å². The lowest BCUT2D eigenvalue weighted by atomic mass is 10.0. The molecule has 0 spiro atoms. The molecule has 2 rings (SSSR count). The summed E-state index contributed by atoms with van der Waals surface area (Å²) in [5, 5.41) is 2.99. The second kappa shape index (κ2) is 7.57. The summed E-state index contributed by atoms with van der Waals surface area (Å²) in [6, 6.07) is 5.75. The van der Waals surface area contributed by atoms with Crippen molar-refractivity contribution >= 4 is 5.91 Å².